The van der Waals surface area contributed by atoms with Crippen LogP contribution in [0.2, 0.25) is 0 Å². The van der Waals surface area contributed by atoms with Crippen molar-refractivity contribution in [1.82, 2.24) is 23.1 Å². The molecule has 0 amide bonds. The van der Waals surface area contributed by atoms with Gasteiger partial charge in [0.1, 0.15) is 0 Å². The molecule has 0 rings (SSSR count). The molecular weight excluding hydrogens is 467 g/mol. The quantitative estimate of drug-likeness (QED) is 0.450. The Bertz CT molecular complexity index is 162. The Morgan fingerprint density at radius 1 is 0.500 bits per heavy atom. The second-order valence-corrected chi connectivity index (χ2v) is 8.32. The van der Waals surface area contributed by atoms with Gasteiger partial charge in [-0.2, -0.15) is 56.4 Å². The summed E-state index contributed by atoms with van der Waals surface area (Å²) in [6, 6.07) is 0. The maximum Gasteiger partial charge on any atom is 4.00 e. The van der Waals surface area contributed by atoms with Crippen molar-refractivity contribution in [3.63, 3.8) is 0 Å². The Labute approximate surface area is 230 Å². The largest absolute Gasteiger partial charge is 4.00 e. The first-order valence-electron chi connectivity index (χ1n) is 8.87. The van der Waals surface area contributed by atoms with Crippen molar-refractivity contribution < 1.29 is 26.2 Å². The minimum Gasteiger partial charge on any atom is -0.668 e. The summed E-state index contributed by atoms with van der Waals surface area (Å²) >= 11 is 0.380. The van der Waals surface area contributed by atoms with Crippen LogP contribution in [0, 0.1) is 0 Å². The molecule has 0 bridgehead atoms. The number of rotatable bonds is 3. The molecule has 0 unspecified atom stereocenters. The fourth-order valence-corrected chi connectivity index (χ4v) is 1.39. The summed E-state index contributed by atoms with van der Waals surface area (Å²) in [6.07, 6.45) is 0. The molecule has 0 saturated heterocycles. The SMILES string of the molecule is CN(C)N(C)C.CNC.C[N-]C.C[N-]C.C[N-]C.C[N-]C.C[N](C)[Al][N](C)C.[Li].[Zr+4]. The van der Waals surface area contributed by atoms with Gasteiger partial charge in [0.15, 0.2) is 0 Å². The summed E-state index contributed by atoms with van der Waals surface area (Å²) in [5.41, 5.74) is 0. The van der Waals surface area contributed by atoms with Crippen LogP contribution >= 0.6 is 0 Å². The maximum absolute atomic E-state index is 3.50. The summed E-state index contributed by atoms with van der Waals surface area (Å²) in [4.78, 5) is 0. The molecule has 0 aromatic heterocycles. The van der Waals surface area contributed by atoms with E-state index in [2.05, 4.69) is 62.5 Å². The zero-order chi connectivity index (χ0) is 24.6. The van der Waals surface area contributed by atoms with E-state index in [0.29, 0.717) is 15.7 Å². The summed E-state index contributed by atoms with van der Waals surface area (Å²) < 4.78 is 4.42. The van der Waals surface area contributed by atoms with E-state index in [1.807, 2.05) is 52.3 Å². The monoisotopic (exact) mass is 521 g/mol. The topological polar surface area (TPSA) is 81.4 Å². The Morgan fingerprint density at radius 2 is 0.600 bits per heavy atom. The second kappa shape index (κ2) is 69.8. The normalized spacial score (nSPS) is 7.67. The van der Waals surface area contributed by atoms with Crippen LogP contribution in [0.5, 0.6) is 0 Å². The van der Waals surface area contributed by atoms with Crippen LogP contribution < -0.4 is 5.32 Å². The van der Waals surface area contributed by atoms with E-state index < -0.39 is 0 Å². The van der Waals surface area contributed by atoms with E-state index in [1.54, 1.807) is 56.4 Å². The van der Waals surface area contributed by atoms with Crippen LogP contribution in [-0.2, 0) is 26.2 Å². The number of hydrazine groups is 1. The van der Waals surface area contributed by atoms with Gasteiger partial charge in [-0.05, 0) is 42.3 Å². The van der Waals surface area contributed by atoms with Crippen molar-refractivity contribution in [2.75, 3.05) is 127 Å². The van der Waals surface area contributed by atoms with Crippen LogP contribution in [0.3, 0.4) is 0 Å². The first kappa shape index (κ1) is 58.0. The molecule has 0 fully saturated rings. The Hall–Kier alpha value is 1.65. The van der Waals surface area contributed by atoms with E-state index in [9.17, 15) is 0 Å². The van der Waals surface area contributed by atoms with Crippen molar-refractivity contribution >= 4 is 34.5 Å². The Kier molecular flexibility index (Phi) is 135. The van der Waals surface area contributed by atoms with Crippen molar-refractivity contribution in [1.29, 1.82) is 0 Å². The van der Waals surface area contributed by atoms with Crippen molar-refractivity contribution in [2.45, 2.75) is 0 Å². The fraction of sp³-hybridized carbons (Fsp3) is 1.00. The van der Waals surface area contributed by atoms with Gasteiger partial charge in [0, 0.05) is 47.1 Å². The van der Waals surface area contributed by atoms with Crippen LogP contribution in [0.15, 0.2) is 0 Å². The molecule has 2 radical (unpaired) electrons. The average molecular weight is 523 g/mol. The third-order valence-electron chi connectivity index (χ3n) is 1.26. The van der Waals surface area contributed by atoms with E-state index in [0.717, 1.165) is 0 Å². The molecule has 0 aromatic rings. The minimum atomic E-state index is 0. The predicted molar refractivity (Wildman–Crippen MR) is 142 cm³/mol. The molecule has 12 heteroatoms. The van der Waals surface area contributed by atoms with Gasteiger partial charge in [0.2, 0.25) is 0 Å². The molecule has 0 aliphatic rings. The van der Waals surface area contributed by atoms with Crippen molar-refractivity contribution in [3.8, 4) is 0 Å². The Morgan fingerprint density at radius 3 is 0.600 bits per heavy atom. The van der Waals surface area contributed by atoms with E-state index in [1.165, 1.54) is 0 Å². The Balaban J connectivity index is -0.0000000252. The molecule has 0 atom stereocenters. The van der Waals surface area contributed by atoms with Crippen LogP contribution in [0.1, 0.15) is 0 Å². The van der Waals surface area contributed by atoms with E-state index in [-0.39, 0.29) is 45.1 Å². The van der Waals surface area contributed by atoms with Crippen molar-refractivity contribution in [2.24, 2.45) is 0 Å². The van der Waals surface area contributed by atoms with Gasteiger partial charge in [0.05, 0.1) is 0 Å². The average Bonchev–Trinajstić information content (AvgIpc) is 2.50. The standard InChI is InChI=1S/C4H12N2.C2H7N.6C2H6N.Al.Li.Zr/c1-5(2)6(3)4;7*1-3-2;;;/h1-4H3;3H,1-2H3;6*1-2H3;;;/q;;6*-1;+2;;+4. The van der Waals surface area contributed by atoms with E-state index in [4.69, 9.17) is 0 Å². The molecule has 1 N–H and O–H groups in total. The number of hydrogen-bond donors (Lipinski definition) is 1. The van der Waals surface area contributed by atoms with E-state index >= 15 is 0 Å². The maximum atomic E-state index is 3.50. The molecule has 0 heterocycles. The predicted octanol–water partition coefficient (Wildman–Crippen LogP) is 1.60. The van der Waals surface area contributed by atoms with Gasteiger partial charge in [0.25, 0.3) is 0 Å². The van der Waals surface area contributed by atoms with Gasteiger partial charge in [-0.15, -0.1) is 0 Å². The first-order chi connectivity index (χ1) is 12.8. The number of nitrogens with one attached hydrogen (secondary N) is 1. The van der Waals surface area contributed by atoms with Crippen LogP contribution in [-0.4, -0.2) is 179 Å². The fourth-order valence-electron chi connectivity index (χ4n) is 0.462. The summed E-state index contributed by atoms with van der Waals surface area (Å²) in [5.74, 6) is 0. The zero-order valence-corrected chi connectivity index (χ0v) is 27.8. The summed E-state index contributed by atoms with van der Waals surface area (Å²) in [5, 5.41) is 20.8. The summed E-state index contributed by atoms with van der Waals surface area (Å²) in [6.45, 7) is 0. The van der Waals surface area contributed by atoms with Crippen LogP contribution in [0.4, 0.5) is 0 Å². The second-order valence-electron chi connectivity index (χ2n) is 6.03. The van der Waals surface area contributed by atoms with Gasteiger partial charge in [-0.25, -0.2) is 10.0 Å². The number of nitrogens with zero attached hydrogens (tertiary/aromatic N) is 8. The van der Waals surface area contributed by atoms with Gasteiger partial charge in [-0.3, -0.25) is 0 Å². The minimum absolute atomic E-state index is 0. The molecule has 9 nitrogen and oxygen atoms in total. The van der Waals surface area contributed by atoms with Crippen molar-refractivity contribution in [3.05, 3.63) is 21.3 Å². The van der Waals surface area contributed by atoms with Gasteiger partial charge in [-0.1, -0.05) is 0 Å². The molecule has 180 valence electrons. The van der Waals surface area contributed by atoms with Gasteiger partial charge < -0.3 is 34.4 Å². The molecule has 0 spiro atoms. The van der Waals surface area contributed by atoms with Gasteiger partial charge >= 0.3 is 41.9 Å². The molecule has 0 aliphatic heterocycles. The third-order valence-corrected chi connectivity index (χ3v) is 2.19. The molecule has 0 saturated carbocycles. The van der Waals surface area contributed by atoms with Crippen LogP contribution in [0.25, 0.3) is 21.3 Å². The summed E-state index contributed by atoms with van der Waals surface area (Å²) in [7, 11) is 34.1. The smallest absolute Gasteiger partial charge is 0.668 e. The first-order valence-corrected chi connectivity index (χ1v) is 9.90. The molecule has 0 aliphatic carbocycles. The zero-order valence-electron chi connectivity index (χ0n) is 24.2. The molecular formula is C18H55AlLiN9Zr. The number of hydrogen-bond acceptors (Lipinski definition) is 5. The molecule has 0 aromatic carbocycles. The third kappa shape index (κ3) is 261. The molecule has 30 heavy (non-hydrogen) atoms.